The van der Waals surface area contributed by atoms with Gasteiger partial charge in [0.25, 0.3) is 5.91 Å². The maximum atomic E-state index is 12.2. The van der Waals surface area contributed by atoms with E-state index in [1.807, 2.05) is 13.0 Å². The molecule has 8 heteroatoms. The summed E-state index contributed by atoms with van der Waals surface area (Å²) < 4.78 is 0. The molecule has 0 atom stereocenters. The molecule has 0 aliphatic heterocycles. The highest BCUT2D eigenvalue weighted by Gasteiger charge is 2.09. The number of rotatable bonds is 5. The molecule has 3 heterocycles. The Morgan fingerprint density at radius 3 is 2.68 bits per heavy atom. The number of nitrogens with one attached hydrogen (secondary N) is 2. The summed E-state index contributed by atoms with van der Waals surface area (Å²) in [6.07, 6.45) is 6.45. The summed E-state index contributed by atoms with van der Waals surface area (Å²) in [5, 5.41) is 5.92. The van der Waals surface area contributed by atoms with Crippen LogP contribution in [0.1, 0.15) is 21.9 Å². The second kappa shape index (κ2) is 7.35. The number of aryl methyl sites for hydroxylation is 1. The van der Waals surface area contributed by atoms with Crippen molar-refractivity contribution in [3.05, 3.63) is 66.1 Å². The molecule has 4 N–H and O–H groups in total. The third-order valence-corrected chi connectivity index (χ3v) is 3.36. The average molecular weight is 335 g/mol. The van der Waals surface area contributed by atoms with E-state index in [1.54, 1.807) is 43.0 Å². The Labute approximate surface area is 144 Å². The van der Waals surface area contributed by atoms with Crippen LogP contribution in [0.3, 0.4) is 0 Å². The van der Waals surface area contributed by atoms with Crippen LogP contribution in [0.2, 0.25) is 0 Å². The van der Waals surface area contributed by atoms with Gasteiger partial charge in [0.1, 0.15) is 5.82 Å². The van der Waals surface area contributed by atoms with Crippen LogP contribution in [0.5, 0.6) is 0 Å². The lowest BCUT2D eigenvalue weighted by molar-refractivity contribution is 0.101. The molecule has 0 radical (unpaired) electrons. The molecule has 0 unspecified atom stereocenters. The molecule has 0 fully saturated rings. The van der Waals surface area contributed by atoms with Gasteiger partial charge in [-0.15, -0.1) is 0 Å². The van der Waals surface area contributed by atoms with Crippen LogP contribution in [0.15, 0.2) is 49.1 Å². The quantitative estimate of drug-likeness (QED) is 0.652. The largest absolute Gasteiger partial charge is 0.382 e. The topological polar surface area (TPSA) is 119 Å². The zero-order valence-corrected chi connectivity index (χ0v) is 13.6. The fourth-order valence-corrected chi connectivity index (χ4v) is 2.10. The number of carbonyl (C=O) groups excluding carboxylic acids is 1. The molecule has 0 spiro atoms. The summed E-state index contributed by atoms with van der Waals surface area (Å²) >= 11 is 0. The van der Waals surface area contributed by atoms with E-state index in [1.165, 1.54) is 0 Å². The Morgan fingerprint density at radius 2 is 1.92 bits per heavy atom. The molecule has 0 aromatic carbocycles. The van der Waals surface area contributed by atoms with E-state index in [0.29, 0.717) is 18.1 Å². The van der Waals surface area contributed by atoms with Gasteiger partial charge in [-0.05, 0) is 36.8 Å². The van der Waals surface area contributed by atoms with Crippen molar-refractivity contribution in [3.8, 4) is 0 Å². The molecular weight excluding hydrogens is 318 g/mol. The van der Waals surface area contributed by atoms with Crippen LogP contribution in [0.4, 0.5) is 17.2 Å². The van der Waals surface area contributed by atoms with Gasteiger partial charge in [-0.1, -0.05) is 0 Å². The molecule has 0 bridgehead atoms. The first-order valence-electron chi connectivity index (χ1n) is 7.61. The van der Waals surface area contributed by atoms with E-state index in [-0.39, 0.29) is 11.7 Å². The number of hydrogen-bond donors (Lipinski definition) is 3. The maximum Gasteiger partial charge on any atom is 0.293 e. The number of aromatic nitrogens is 4. The smallest absolute Gasteiger partial charge is 0.293 e. The predicted octanol–water partition coefficient (Wildman–Crippen LogP) is 2.02. The SMILES string of the molecule is Cc1cnc(C(=O)Nc2ccnc(CNc3cccnc3N)c2)nc1. The second-order valence-electron chi connectivity index (χ2n) is 5.36. The van der Waals surface area contributed by atoms with Gasteiger partial charge in [0, 0.05) is 30.5 Å². The van der Waals surface area contributed by atoms with Crippen LogP contribution < -0.4 is 16.4 Å². The van der Waals surface area contributed by atoms with Gasteiger partial charge in [-0.2, -0.15) is 0 Å². The third-order valence-electron chi connectivity index (χ3n) is 3.36. The fraction of sp³-hybridized carbons (Fsp3) is 0.118. The van der Waals surface area contributed by atoms with Crippen molar-refractivity contribution in [1.29, 1.82) is 0 Å². The Bertz CT molecular complexity index is 880. The van der Waals surface area contributed by atoms with Crippen molar-refractivity contribution in [3.63, 3.8) is 0 Å². The number of hydrogen-bond acceptors (Lipinski definition) is 7. The van der Waals surface area contributed by atoms with Gasteiger partial charge in [-0.3, -0.25) is 9.78 Å². The number of carbonyl (C=O) groups is 1. The van der Waals surface area contributed by atoms with Crippen LogP contribution in [0.25, 0.3) is 0 Å². The molecule has 3 aromatic rings. The Morgan fingerprint density at radius 1 is 1.12 bits per heavy atom. The van der Waals surface area contributed by atoms with Crippen molar-refractivity contribution >= 4 is 23.1 Å². The monoisotopic (exact) mass is 335 g/mol. The third kappa shape index (κ3) is 4.25. The van der Waals surface area contributed by atoms with Gasteiger partial charge >= 0.3 is 0 Å². The number of nitrogens with zero attached hydrogens (tertiary/aromatic N) is 4. The number of nitrogens with two attached hydrogens (primary N) is 1. The van der Waals surface area contributed by atoms with E-state index in [0.717, 1.165) is 16.9 Å². The first-order chi connectivity index (χ1) is 12.1. The molecule has 25 heavy (non-hydrogen) atoms. The van der Waals surface area contributed by atoms with Gasteiger partial charge in [0.2, 0.25) is 5.82 Å². The van der Waals surface area contributed by atoms with Crippen LogP contribution >= 0.6 is 0 Å². The summed E-state index contributed by atoms with van der Waals surface area (Å²) in [6.45, 7) is 2.31. The summed E-state index contributed by atoms with van der Waals surface area (Å²) in [5.41, 5.74) is 8.76. The zero-order chi connectivity index (χ0) is 17.6. The second-order valence-corrected chi connectivity index (χ2v) is 5.36. The molecular formula is C17H17N7O. The highest BCUT2D eigenvalue weighted by Crippen LogP contribution is 2.16. The van der Waals surface area contributed by atoms with Gasteiger partial charge in [0.05, 0.1) is 17.9 Å². The van der Waals surface area contributed by atoms with Crippen molar-refractivity contribution in [1.82, 2.24) is 19.9 Å². The molecule has 126 valence electrons. The molecule has 0 aliphatic carbocycles. The fourth-order valence-electron chi connectivity index (χ4n) is 2.10. The molecule has 1 amide bonds. The molecule has 3 rings (SSSR count). The zero-order valence-electron chi connectivity index (χ0n) is 13.6. The summed E-state index contributed by atoms with van der Waals surface area (Å²) in [6, 6.07) is 7.10. The highest BCUT2D eigenvalue weighted by atomic mass is 16.2. The molecule has 0 aliphatic rings. The van der Waals surface area contributed by atoms with Crippen LogP contribution in [-0.4, -0.2) is 25.8 Å². The van der Waals surface area contributed by atoms with Crippen LogP contribution in [0, 0.1) is 6.92 Å². The number of amides is 1. The standard InChI is InChI=1S/C17H17N7O/c1-11-8-22-16(23-9-11)17(25)24-12-4-6-19-13(7-12)10-21-14-3-2-5-20-15(14)18/h2-9,21H,10H2,1H3,(H2,18,20)(H,19,24,25). The minimum Gasteiger partial charge on any atom is -0.382 e. The lowest BCUT2D eigenvalue weighted by Gasteiger charge is -2.09. The van der Waals surface area contributed by atoms with Gasteiger partial charge < -0.3 is 16.4 Å². The van der Waals surface area contributed by atoms with Crippen LogP contribution in [-0.2, 0) is 6.54 Å². The Balaban J connectivity index is 1.66. The van der Waals surface area contributed by atoms with E-state index in [4.69, 9.17) is 5.73 Å². The van der Waals surface area contributed by atoms with Crippen molar-refractivity contribution in [2.24, 2.45) is 0 Å². The minimum absolute atomic E-state index is 0.116. The number of pyridine rings is 2. The Kier molecular flexibility index (Phi) is 4.79. The average Bonchev–Trinajstić information content (AvgIpc) is 2.62. The van der Waals surface area contributed by atoms with E-state index in [2.05, 4.69) is 30.6 Å². The minimum atomic E-state index is -0.374. The molecule has 8 nitrogen and oxygen atoms in total. The van der Waals surface area contributed by atoms with Crippen molar-refractivity contribution in [2.45, 2.75) is 13.5 Å². The number of anilines is 3. The molecule has 0 saturated heterocycles. The van der Waals surface area contributed by atoms with Gasteiger partial charge in [-0.25, -0.2) is 15.0 Å². The lowest BCUT2D eigenvalue weighted by Crippen LogP contribution is -2.16. The molecule has 3 aromatic heterocycles. The lowest BCUT2D eigenvalue weighted by atomic mass is 10.3. The summed E-state index contributed by atoms with van der Waals surface area (Å²) in [4.78, 5) is 28.5. The van der Waals surface area contributed by atoms with Crippen molar-refractivity contribution in [2.75, 3.05) is 16.4 Å². The Hall–Kier alpha value is -3.55. The maximum absolute atomic E-state index is 12.2. The van der Waals surface area contributed by atoms with E-state index < -0.39 is 0 Å². The van der Waals surface area contributed by atoms with Crippen molar-refractivity contribution < 1.29 is 4.79 Å². The first kappa shape index (κ1) is 16.3. The van der Waals surface area contributed by atoms with Gasteiger partial charge in [0.15, 0.2) is 0 Å². The number of nitrogen functional groups attached to an aromatic ring is 1. The highest BCUT2D eigenvalue weighted by molar-refractivity contribution is 6.01. The predicted molar refractivity (Wildman–Crippen MR) is 94.9 cm³/mol. The van der Waals surface area contributed by atoms with E-state index >= 15 is 0 Å². The first-order valence-corrected chi connectivity index (χ1v) is 7.61. The summed E-state index contributed by atoms with van der Waals surface area (Å²) in [7, 11) is 0. The normalized spacial score (nSPS) is 10.3. The molecule has 0 saturated carbocycles. The van der Waals surface area contributed by atoms with E-state index in [9.17, 15) is 4.79 Å². The summed E-state index contributed by atoms with van der Waals surface area (Å²) in [5.74, 6) is 0.162.